The second-order valence-electron chi connectivity index (χ2n) is 5.04. The smallest absolute Gasteiger partial charge is 0.273 e. The molecule has 1 N–H and O–H groups in total. The second-order valence-corrected chi connectivity index (χ2v) is 5.04. The fourth-order valence-electron chi connectivity index (χ4n) is 2.57. The Bertz CT molecular complexity index is 510. The summed E-state index contributed by atoms with van der Waals surface area (Å²) >= 11 is 0. The van der Waals surface area contributed by atoms with E-state index in [0.29, 0.717) is 23.8 Å². The van der Waals surface area contributed by atoms with E-state index in [1.807, 2.05) is 0 Å². The number of hydrogen-bond donors (Lipinski definition) is 1. The molecule has 1 aliphatic carbocycles. The number of benzene rings is 1. The number of nitro benzene ring substituents is 1. The molecule has 0 radical (unpaired) electrons. The third kappa shape index (κ3) is 3.46. The maximum Gasteiger partial charge on any atom is 0.273 e. The lowest BCUT2D eigenvalue weighted by Crippen LogP contribution is -2.15. The lowest BCUT2D eigenvalue weighted by Gasteiger charge is -2.12. The molecule has 1 fully saturated rings. The average molecular weight is 278 g/mol. The lowest BCUT2D eigenvalue weighted by atomic mass is 10.0. The Balaban J connectivity index is 2.04. The van der Waals surface area contributed by atoms with Crippen molar-refractivity contribution in [3.8, 4) is 5.75 Å². The van der Waals surface area contributed by atoms with Gasteiger partial charge in [-0.15, -0.1) is 0 Å². The molecule has 0 bridgehead atoms. The number of non-ortho nitro benzene ring substituents is 1. The largest absolute Gasteiger partial charge is 0.494 e. The maximum atomic E-state index is 12.0. The summed E-state index contributed by atoms with van der Waals surface area (Å²) < 4.78 is 5.09. The molecule has 108 valence electrons. The number of anilines is 1. The van der Waals surface area contributed by atoms with E-state index in [9.17, 15) is 14.9 Å². The molecule has 1 aromatic carbocycles. The summed E-state index contributed by atoms with van der Waals surface area (Å²) in [5.74, 6) is 0.696. The molecular formula is C14H18N2O4. The van der Waals surface area contributed by atoms with Crippen molar-refractivity contribution in [3.63, 3.8) is 0 Å². The summed E-state index contributed by atoms with van der Waals surface area (Å²) in [6, 6.07) is 4.17. The van der Waals surface area contributed by atoms with E-state index in [0.717, 1.165) is 12.8 Å². The predicted octanol–water partition coefficient (Wildman–Crippen LogP) is 3.12. The molecule has 1 aliphatic rings. The quantitative estimate of drug-likeness (QED) is 0.662. The van der Waals surface area contributed by atoms with E-state index in [4.69, 9.17) is 4.74 Å². The lowest BCUT2D eigenvalue weighted by molar-refractivity contribution is -0.384. The molecule has 0 atom stereocenters. The Morgan fingerprint density at radius 2 is 2.15 bits per heavy atom. The number of hydrogen-bond acceptors (Lipinski definition) is 4. The second kappa shape index (κ2) is 6.36. The molecule has 1 saturated carbocycles. The molecule has 0 saturated heterocycles. The first-order chi connectivity index (χ1) is 9.60. The minimum atomic E-state index is -0.493. The zero-order valence-electron chi connectivity index (χ0n) is 11.4. The molecule has 6 nitrogen and oxygen atoms in total. The van der Waals surface area contributed by atoms with E-state index in [2.05, 4.69) is 5.32 Å². The number of amides is 1. The van der Waals surface area contributed by atoms with Crippen molar-refractivity contribution in [2.45, 2.75) is 32.1 Å². The van der Waals surface area contributed by atoms with Crippen molar-refractivity contribution in [3.05, 3.63) is 28.3 Å². The van der Waals surface area contributed by atoms with Crippen molar-refractivity contribution in [1.29, 1.82) is 0 Å². The SMILES string of the molecule is COc1cc([N+](=O)[O-])ccc1NC(=O)CC1CCCC1. The Hall–Kier alpha value is -2.11. The molecule has 1 amide bonds. The van der Waals surface area contributed by atoms with Gasteiger partial charge in [-0.3, -0.25) is 14.9 Å². The van der Waals surface area contributed by atoms with Gasteiger partial charge in [-0.2, -0.15) is 0 Å². The highest BCUT2D eigenvalue weighted by molar-refractivity contribution is 5.92. The van der Waals surface area contributed by atoms with Crippen LogP contribution in [-0.2, 0) is 4.79 Å². The maximum absolute atomic E-state index is 12.0. The van der Waals surface area contributed by atoms with E-state index >= 15 is 0 Å². The number of nitrogens with one attached hydrogen (secondary N) is 1. The minimum absolute atomic E-state index is 0.0596. The van der Waals surface area contributed by atoms with Gasteiger partial charge in [0.15, 0.2) is 0 Å². The highest BCUT2D eigenvalue weighted by Crippen LogP contribution is 2.31. The number of carbonyl (C=O) groups excluding carboxylic acids is 1. The van der Waals surface area contributed by atoms with Gasteiger partial charge in [0.25, 0.3) is 5.69 Å². The van der Waals surface area contributed by atoms with Crippen LogP contribution in [0.4, 0.5) is 11.4 Å². The van der Waals surface area contributed by atoms with E-state index in [1.54, 1.807) is 0 Å². The summed E-state index contributed by atoms with van der Waals surface area (Å²) in [4.78, 5) is 22.2. The van der Waals surface area contributed by atoms with E-state index in [-0.39, 0.29) is 11.6 Å². The van der Waals surface area contributed by atoms with Crippen molar-refractivity contribution < 1.29 is 14.5 Å². The number of ether oxygens (including phenoxy) is 1. The zero-order valence-corrected chi connectivity index (χ0v) is 11.4. The van der Waals surface area contributed by atoms with Gasteiger partial charge in [0.2, 0.25) is 5.91 Å². The van der Waals surface area contributed by atoms with Gasteiger partial charge in [-0.25, -0.2) is 0 Å². The first-order valence-corrected chi connectivity index (χ1v) is 6.72. The van der Waals surface area contributed by atoms with Crippen LogP contribution in [0, 0.1) is 16.0 Å². The van der Waals surface area contributed by atoms with Gasteiger partial charge in [-0.05, 0) is 24.8 Å². The highest BCUT2D eigenvalue weighted by Gasteiger charge is 2.19. The molecule has 0 spiro atoms. The van der Waals surface area contributed by atoms with Gasteiger partial charge in [0, 0.05) is 12.5 Å². The first-order valence-electron chi connectivity index (χ1n) is 6.72. The monoisotopic (exact) mass is 278 g/mol. The molecular weight excluding hydrogens is 260 g/mol. The van der Waals surface area contributed by atoms with Gasteiger partial charge >= 0.3 is 0 Å². The Morgan fingerprint density at radius 3 is 2.75 bits per heavy atom. The number of carbonyl (C=O) groups is 1. The summed E-state index contributed by atoms with van der Waals surface area (Å²) in [6.07, 6.45) is 5.09. The number of nitrogens with zero attached hydrogens (tertiary/aromatic N) is 1. The molecule has 0 aromatic heterocycles. The van der Waals surface area contributed by atoms with Crippen LogP contribution in [0.2, 0.25) is 0 Å². The van der Waals surface area contributed by atoms with Crippen LogP contribution in [0.25, 0.3) is 0 Å². The Morgan fingerprint density at radius 1 is 1.45 bits per heavy atom. The summed E-state index contributed by atoms with van der Waals surface area (Å²) in [7, 11) is 1.42. The Labute approximate surface area is 117 Å². The zero-order chi connectivity index (χ0) is 14.5. The van der Waals surface area contributed by atoms with Gasteiger partial charge in [-0.1, -0.05) is 12.8 Å². The van der Waals surface area contributed by atoms with E-state index in [1.165, 1.54) is 38.2 Å². The van der Waals surface area contributed by atoms with Crippen LogP contribution in [-0.4, -0.2) is 17.9 Å². The van der Waals surface area contributed by atoms with Crippen LogP contribution in [0.3, 0.4) is 0 Å². The van der Waals surface area contributed by atoms with Gasteiger partial charge in [0.1, 0.15) is 5.75 Å². The van der Waals surface area contributed by atoms with Crippen molar-refractivity contribution in [2.75, 3.05) is 12.4 Å². The molecule has 2 rings (SSSR count). The topological polar surface area (TPSA) is 81.5 Å². The summed E-state index contributed by atoms with van der Waals surface area (Å²) in [6.45, 7) is 0. The van der Waals surface area contributed by atoms with Crippen LogP contribution >= 0.6 is 0 Å². The molecule has 0 unspecified atom stereocenters. The third-order valence-electron chi connectivity index (χ3n) is 3.62. The molecule has 20 heavy (non-hydrogen) atoms. The van der Waals surface area contributed by atoms with Crippen molar-refractivity contribution in [1.82, 2.24) is 0 Å². The standard InChI is InChI=1S/C14H18N2O4/c1-20-13-9-11(16(18)19)6-7-12(13)15-14(17)8-10-4-2-3-5-10/h6-7,9-10H,2-5,8H2,1H3,(H,15,17). The molecule has 6 heteroatoms. The fourth-order valence-corrected chi connectivity index (χ4v) is 2.57. The molecule has 1 aromatic rings. The number of methoxy groups -OCH3 is 1. The summed E-state index contributed by atoms with van der Waals surface area (Å²) in [5.41, 5.74) is 0.414. The molecule has 0 aliphatic heterocycles. The van der Waals surface area contributed by atoms with Crippen molar-refractivity contribution in [2.24, 2.45) is 5.92 Å². The average Bonchev–Trinajstić information content (AvgIpc) is 2.91. The fraction of sp³-hybridized carbons (Fsp3) is 0.500. The predicted molar refractivity (Wildman–Crippen MR) is 74.9 cm³/mol. The summed E-state index contributed by atoms with van der Waals surface area (Å²) in [5, 5.41) is 13.5. The first kappa shape index (κ1) is 14.3. The Kier molecular flexibility index (Phi) is 4.55. The third-order valence-corrected chi connectivity index (χ3v) is 3.62. The normalized spacial score (nSPS) is 15.1. The van der Waals surface area contributed by atoms with Gasteiger partial charge in [0.05, 0.1) is 23.8 Å². The van der Waals surface area contributed by atoms with Crippen molar-refractivity contribution >= 4 is 17.3 Å². The van der Waals surface area contributed by atoms with Crippen LogP contribution in [0.1, 0.15) is 32.1 Å². The minimum Gasteiger partial charge on any atom is -0.494 e. The van der Waals surface area contributed by atoms with Crippen LogP contribution < -0.4 is 10.1 Å². The number of nitro groups is 1. The van der Waals surface area contributed by atoms with E-state index < -0.39 is 4.92 Å². The van der Waals surface area contributed by atoms with Crippen LogP contribution in [0.15, 0.2) is 18.2 Å². The van der Waals surface area contributed by atoms with Crippen LogP contribution in [0.5, 0.6) is 5.75 Å². The highest BCUT2D eigenvalue weighted by atomic mass is 16.6. The van der Waals surface area contributed by atoms with Gasteiger partial charge < -0.3 is 10.1 Å². The number of rotatable bonds is 5. The molecule has 0 heterocycles.